The van der Waals surface area contributed by atoms with Crippen molar-refractivity contribution in [2.24, 2.45) is 8.73 Å². The quantitative estimate of drug-likeness (QED) is 0.681. The number of sulfonamides is 1. The summed E-state index contributed by atoms with van der Waals surface area (Å²) in [6.07, 6.45) is 4.78. The van der Waals surface area contributed by atoms with Gasteiger partial charge in [0.15, 0.2) is 0 Å². The minimum absolute atomic E-state index is 0.157. The molecular weight excluding hydrogens is 330 g/mol. The van der Waals surface area contributed by atoms with Crippen molar-refractivity contribution in [3.05, 3.63) is 18.2 Å². The van der Waals surface area contributed by atoms with E-state index in [-0.39, 0.29) is 16.3 Å². The maximum absolute atomic E-state index is 12.6. The normalized spacial score (nSPS) is 25.2. The van der Waals surface area contributed by atoms with Crippen molar-refractivity contribution >= 4 is 44.4 Å². The molecule has 1 fully saturated rings. The Kier molecular flexibility index (Phi) is 4.44. The number of nitrogens with zero attached hydrogens (tertiary/aromatic N) is 2. The van der Waals surface area contributed by atoms with E-state index >= 15 is 0 Å². The number of fused-ring (bicyclic) bond motifs is 1. The molecule has 0 spiro atoms. The minimum Gasteiger partial charge on any atom is -0.207 e. The van der Waals surface area contributed by atoms with E-state index in [9.17, 15) is 8.42 Å². The number of hydrogen-bond donors (Lipinski definition) is 1. The summed E-state index contributed by atoms with van der Waals surface area (Å²) in [5, 5.41) is -0.157. The zero-order valence-corrected chi connectivity index (χ0v) is 13.7. The number of alkyl halides is 1. The lowest BCUT2D eigenvalue weighted by atomic mass is 10.1. The van der Waals surface area contributed by atoms with Crippen LogP contribution in [-0.4, -0.2) is 19.8 Å². The molecule has 1 aromatic rings. The van der Waals surface area contributed by atoms with Gasteiger partial charge in [0.2, 0.25) is 10.0 Å². The Morgan fingerprint density at radius 3 is 2.86 bits per heavy atom. The van der Waals surface area contributed by atoms with E-state index in [0.29, 0.717) is 11.4 Å². The monoisotopic (exact) mass is 345 g/mol. The van der Waals surface area contributed by atoms with E-state index in [1.807, 2.05) is 0 Å². The average Bonchev–Trinajstić information content (AvgIpc) is 2.85. The predicted molar refractivity (Wildman–Crippen MR) is 84.8 cm³/mol. The molecule has 1 aromatic carbocycles. The zero-order chi connectivity index (χ0) is 14.9. The molecule has 21 heavy (non-hydrogen) atoms. The van der Waals surface area contributed by atoms with Crippen LogP contribution >= 0.6 is 11.6 Å². The zero-order valence-electron chi connectivity index (χ0n) is 11.3. The van der Waals surface area contributed by atoms with E-state index in [1.54, 1.807) is 18.2 Å². The summed E-state index contributed by atoms with van der Waals surface area (Å²) in [4.78, 5) is 0.182. The van der Waals surface area contributed by atoms with Crippen molar-refractivity contribution in [2.75, 3.05) is 0 Å². The van der Waals surface area contributed by atoms with Gasteiger partial charge in [0.1, 0.15) is 16.3 Å². The lowest BCUT2D eigenvalue weighted by Crippen LogP contribution is -2.40. The number of halogens is 1. The van der Waals surface area contributed by atoms with E-state index < -0.39 is 10.0 Å². The van der Waals surface area contributed by atoms with Gasteiger partial charge in [0.25, 0.3) is 0 Å². The molecule has 0 bridgehead atoms. The highest BCUT2D eigenvalue weighted by atomic mass is 35.5. The molecule has 2 atom stereocenters. The first-order valence-electron chi connectivity index (χ1n) is 6.95. The maximum Gasteiger partial charge on any atom is 0.243 e. The van der Waals surface area contributed by atoms with E-state index in [1.165, 1.54) is 0 Å². The Morgan fingerprint density at radius 1 is 1.19 bits per heavy atom. The molecule has 1 saturated carbocycles. The van der Waals surface area contributed by atoms with Crippen molar-refractivity contribution in [3.8, 4) is 0 Å². The second kappa shape index (κ2) is 6.16. The van der Waals surface area contributed by atoms with Crippen LogP contribution in [0.5, 0.6) is 0 Å². The first kappa shape index (κ1) is 15.1. The third kappa shape index (κ3) is 3.21. The molecule has 1 heterocycles. The van der Waals surface area contributed by atoms with Gasteiger partial charge >= 0.3 is 0 Å². The predicted octanol–water partition coefficient (Wildman–Crippen LogP) is 3.63. The molecule has 1 aliphatic heterocycles. The summed E-state index contributed by atoms with van der Waals surface area (Å²) in [7, 11) is -3.64. The SMILES string of the molecule is O=S(=O)(NC1CCCCCC1Cl)c1cccc2c1N=S=N2. The van der Waals surface area contributed by atoms with Crippen LogP contribution in [0.2, 0.25) is 0 Å². The smallest absolute Gasteiger partial charge is 0.207 e. The Bertz CT molecular complexity index is 714. The highest BCUT2D eigenvalue weighted by Gasteiger charge is 2.29. The van der Waals surface area contributed by atoms with Crippen LogP contribution in [0, 0.1) is 0 Å². The van der Waals surface area contributed by atoms with Crippen LogP contribution in [0.4, 0.5) is 11.4 Å². The second-order valence-electron chi connectivity index (χ2n) is 5.27. The standard InChI is InChI=1S/C13H16ClN3O2S2/c14-9-5-2-1-3-6-10(9)17-21(18,19)12-8-4-7-11-13(12)16-20-15-11/h4,7-10,17H,1-3,5-6H2. The Morgan fingerprint density at radius 2 is 2.00 bits per heavy atom. The topological polar surface area (TPSA) is 70.9 Å². The van der Waals surface area contributed by atoms with Crippen molar-refractivity contribution in [3.63, 3.8) is 0 Å². The molecule has 114 valence electrons. The fraction of sp³-hybridized carbons (Fsp3) is 0.538. The van der Waals surface area contributed by atoms with Crippen LogP contribution in [0.25, 0.3) is 0 Å². The molecule has 8 heteroatoms. The van der Waals surface area contributed by atoms with E-state index in [2.05, 4.69) is 13.4 Å². The van der Waals surface area contributed by atoms with Gasteiger partial charge in [-0.3, -0.25) is 0 Å². The number of hydrogen-bond acceptors (Lipinski definition) is 4. The molecular formula is C13H16ClN3O2S2. The third-order valence-corrected chi connectivity index (χ3v) is 6.36. The largest absolute Gasteiger partial charge is 0.243 e. The van der Waals surface area contributed by atoms with Gasteiger partial charge in [0, 0.05) is 11.4 Å². The molecule has 3 rings (SSSR count). The first-order chi connectivity index (χ1) is 10.1. The number of rotatable bonds is 3. The van der Waals surface area contributed by atoms with Gasteiger partial charge < -0.3 is 0 Å². The second-order valence-corrected chi connectivity index (χ2v) is 8.04. The molecule has 0 aromatic heterocycles. The minimum atomic E-state index is -3.64. The Hall–Kier alpha value is -0.760. The summed E-state index contributed by atoms with van der Waals surface area (Å²) in [6, 6.07) is 4.78. The summed E-state index contributed by atoms with van der Waals surface area (Å²) in [6.45, 7) is 0. The number of nitrogens with one attached hydrogen (secondary N) is 1. The summed E-state index contributed by atoms with van der Waals surface area (Å²) in [5.41, 5.74) is 1.03. The first-order valence-corrected chi connectivity index (χ1v) is 9.60. The molecule has 2 unspecified atom stereocenters. The van der Waals surface area contributed by atoms with Crippen LogP contribution in [0.3, 0.4) is 0 Å². The molecule has 0 amide bonds. The molecule has 1 N–H and O–H groups in total. The molecule has 2 aliphatic rings. The highest BCUT2D eigenvalue weighted by Crippen LogP contribution is 2.37. The molecule has 0 radical (unpaired) electrons. The van der Waals surface area contributed by atoms with Gasteiger partial charge in [-0.25, -0.2) is 13.1 Å². The van der Waals surface area contributed by atoms with E-state index in [4.69, 9.17) is 11.6 Å². The van der Waals surface area contributed by atoms with Crippen LogP contribution in [0.15, 0.2) is 31.8 Å². The molecule has 1 aliphatic carbocycles. The van der Waals surface area contributed by atoms with Crippen molar-refractivity contribution in [1.82, 2.24) is 4.72 Å². The lowest BCUT2D eigenvalue weighted by Gasteiger charge is -2.21. The Labute approximate surface area is 133 Å². The number of benzene rings is 1. The Balaban J connectivity index is 1.88. The van der Waals surface area contributed by atoms with Crippen molar-refractivity contribution in [1.29, 1.82) is 0 Å². The van der Waals surface area contributed by atoms with Gasteiger partial charge in [-0.15, -0.1) is 11.6 Å². The fourth-order valence-corrected chi connectivity index (χ4v) is 5.15. The molecule has 0 saturated heterocycles. The van der Waals surface area contributed by atoms with Crippen molar-refractivity contribution in [2.45, 2.75) is 48.4 Å². The van der Waals surface area contributed by atoms with Gasteiger partial charge in [0.05, 0.1) is 11.4 Å². The van der Waals surface area contributed by atoms with Gasteiger partial charge in [-0.1, -0.05) is 25.3 Å². The fourth-order valence-electron chi connectivity index (χ4n) is 2.66. The maximum atomic E-state index is 12.6. The molecule has 5 nitrogen and oxygen atoms in total. The van der Waals surface area contributed by atoms with Gasteiger partial charge in [-0.05, 0) is 25.0 Å². The summed E-state index contributed by atoms with van der Waals surface area (Å²) >= 11 is 7.34. The van der Waals surface area contributed by atoms with E-state index in [0.717, 1.165) is 43.5 Å². The summed E-state index contributed by atoms with van der Waals surface area (Å²) in [5.74, 6) is 0. The van der Waals surface area contributed by atoms with Gasteiger partial charge in [-0.2, -0.15) is 8.73 Å². The van der Waals surface area contributed by atoms with Crippen LogP contribution in [-0.2, 0) is 21.4 Å². The van der Waals surface area contributed by atoms with Crippen LogP contribution in [0.1, 0.15) is 32.1 Å². The summed E-state index contributed by atoms with van der Waals surface area (Å²) < 4.78 is 36.2. The highest BCUT2D eigenvalue weighted by molar-refractivity contribution is 7.89. The lowest BCUT2D eigenvalue weighted by molar-refractivity contribution is 0.514. The average molecular weight is 346 g/mol. The van der Waals surface area contributed by atoms with Crippen molar-refractivity contribution < 1.29 is 8.42 Å². The third-order valence-electron chi connectivity index (χ3n) is 3.78. The van der Waals surface area contributed by atoms with Crippen LogP contribution < -0.4 is 4.72 Å².